The average molecular weight is 263 g/mol. The molecule has 5 nitrogen and oxygen atoms in total. The van der Waals surface area contributed by atoms with Crippen molar-refractivity contribution in [3.8, 4) is 17.5 Å². The van der Waals surface area contributed by atoms with Gasteiger partial charge in [0.05, 0.1) is 0 Å². The fourth-order valence-corrected chi connectivity index (χ4v) is 2.10. The molecule has 0 saturated heterocycles. The summed E-state index contributed by atoms with van der Waals surface area (Å²) in [4.78, 5) is 13.9. The van der Waals surface area contributed by atoms with Gasteiger partial charge in [-0.15, -0.1) is 0 Å². The van der Waals surface area contributed by atoms with Crippen LogP contribution >= 0.6 is 0 Å². The van der Waals surface area contributed by atoms with Gasteiger partial charge in [-0.05, 0) is 6.07 Å². The second-order valence-corrected chi connectivity index (χ2v) is 4.69. The van der Waals surface area contributed by atoms with E-state index in [1.807, 2.05) is 49.5 Å². The quantitative estimate of drug-likeness (QED) is 0.771. The van der Waals surface area contributed by atoms with E-state index in [-0.39, 0.29) is 0 Å². The highest BCUT2D eigenvalue weighted by molar-refractivity contribution is 5.93. The van der Waals surface area contributed by atoms with Crippen molar-refractivity contribution >= 4 is 16.7 Å². The monoisotopic (exact) mass is 263 g/mol. The first-order valence-corrected chi connectivity index (χ1v) is 6.22. The van der Waals surface area contributed by atoms with E-state index >= 15 is 0 Å². The lowest BCUT2D eigenvalue weighted by Crippen LogP contribution is -2.12. The van der Waals surface area contributed by atoms with Gasteiger partial charge in [-0.1, -0.05) is 18.2 Å². The van der Waals surface area contributed by atoms with Crippen molar-refractivity contribution in [2.75, 3.05) is 19.0 Å². The van der Waals surface area contributed by atoms with Gasteiger partial charge in [-0.25, -0.2) is 9.97 Å². The molecule has 5 heteroatoms. The number of nitrogens with zero attached hydrogens (tertiary/aromatic N) is 4. The van der Waals surface area contributed by atoms with Crippen molar-refractivity contribution in [3.05, 3.63) is 42.2 Å². The van der Waals surface area contributed by atoms with E-state index in [1.165, 1.54) is 0 Å². The summed E-state index contributed by atoms with van der Waals surface area (Å²) in [6.07, 6.45) is 1.88. The number of para-hydroxylation sites is 1. The van der Waals surface area contributed by atoms with E-state index in [2.05, 4.69) is 21.0 Å². The number of rotatable bonds is 2. The maximum absolute atomic E-state index is 9.11. The van der Waals surface area contributed by atoms with E-state index < -0.39 is 0 Å². The molecule has 3 aromatic rings. The molecule has 0 radical (unpaired) electrons. The third-order valence-corrected chi connectivity index (χ3v) is 3.12. The topological polar surface area (TPSA) is 68.6 Å². The molecular weight excluding hydrogens is 250 g/mol. The molecular formula is C15H13N5. The second kappa shape index (κ2) is 4.67. The maximum atomic E-state index is 9.11. The van der Waals surface area contributed by atoms with Crippen LogP contribution in [0.3, 0.4) is 0 Å². The molecule has 0 unspecified atom stereocenters. The van der Waals surface area contributed by atoms with Crippen LogP contribution in [0.4, 0.5) is 5.82 Å². The lowest BCUT2D eigenvalue weighted by molar-refractivity contribution is 1.04. The second-order valence-electron chi connectivity index (χ2n) is 4.69. The summed E-state index contributed by atoms with van der Waals surface area (Å²) < 4.78 is 0. The van der Waals surface area contributed by atoms with E-state index in [1.54, 1.807) is 6.07 Å². The lowest BCUT2D eigenvalue weighted by Gasteiger charge is -2.12. The van der Waals surface area contributed by atoms with Gasteiger partial charge in [0.25, 0.3) is 0 Å². The number of benzene rings is 1. The Balaban J connectivity index is 2.24. The van der Waals surface area contributed by atoms with E-state index in [0.29, 0.717) is 11.5 Å². The molecule has 3 rings (SSSR count). The first-order chi connectivity index (χ1) is 9.69. The molecule has 1 aromatic carbocycles. The number of hydrogen-bond acceptors (Lipinski definition) is 4. The van der Waals surface area contributed by atoms with Crippen LogP contribution in [0.5, 0.6) is 0 Å². The van der Waals surface area contributed by atoms with Gasteiger partial charge in [-0.3, -0.25) is 0 Å². The Kier molecular flexibility index (Phi) is 2.84. The number of nitrogens with one attached hydrogen (secondary N) is 1. The number of H-pyrrole nitrogens is 1. The molecule has 0 saturated carbocycles. The number of aromatic amines is 1. The first kappa shape index (κ1) is 12.2. The molecule has 0 amide bonds. The van der Waals surface area contributed by atoms with Crippen LogP contribution in [-0.2, 0) is 0 Å². The number of anilines is 1. The third-order valence-electron chi connectivity index (χ3n) is 3.12. The van der Waals surface area contributed by atoms with Crippen LogP contribution in [-0.4, -0.2) is 29.0 Å². The largest absolute Gasteiger partial charge is 0.363 e. The number of hydrogen-bond donors (Lipinski definition) is 1. The van der Waals surface area contributed by atoms with Crippen LogP contribution < -0.4 is 4.90 Å². The van der Waals surface area contributed by atoms with Gasteiger partial charge in [0.15, 0.2) is 5.82 Å². The minimum atomic E-state index is 0.365. The molecule has 0 bridgehead atoms. The standard InChI is InChI=1S/C15H13N5/c1-20(2)14-7-10(8-16)18-15(19-14)12-9-17-13-6-4-3-5-11(12)13/h3-7,9,17H,1-2H3. The fraction of sp³-hybridized carbons (Fsp3) is 0.133. The molecule has 98 valence electrons. The van der Waals surface area contributed by atoms with E-state index in [9.17, 15) is 0 Å². The summed E-state index contributed by atoms with van der Waals surface area (Å²) in [5.74, 6) is 1.28. The van der Waals surface area contributed by atoms with Gasteiger partial charge in [0.1, 0.15) is 17.6 Å². The van der Waals surface area contributed by atoms with E-state index in [4.69, 9.17) is 5.26 Å². The maximum Gasteiger partial charge on any atom is 0.165 e. The van der Waals surface area contributed by atoms with Gasteiger partial charge >= 0.3 is 0 Å². The zero-order valence-electron chi connectivity index (χ0n) is 11.3. The van der Waals surface area contributed by atoms with Gasteiger partial charge in [-0.2, -0.15) is 5.26 Å². The smallest absolute Gasteiger partial charge is 0.165 e. The molecule has 20 heavy (non-hydrogen) atoms. The van der Waals surface area contributed by atoms with Crippen molar-refractivity contribution in [3.63, 3.8) is 0 Å². The van der Waals surface area contributed by atoms with Crippen molar-refractivity contribution in [2.45, 2.75) is 0 Å². The summed E-state index contributed by atoms with van der Waals surface area (Å²) in [6.45, 7) is 0. The summed E-state index contributed by atoms with van der Waals surface area (Å²) in [6, 6.07) is 11.7. The molecule has 0 aliphatic carbocycles. The minimum absolute atomic E-state index is 0.365. The fourth-order valence-electron chi connectivity index (χ4n) is 2.10. The summed E-state index contributed by atoms with van der Waals surface area (Å²) >= 11 is 0. The van der Waals surface area contributed by atoms with Crippen molar-refractivity contribution in [1.29, 1.82) is 5.26 Å². The predicted molar refractivity (Wildman–Crippen MR) is 78.4 cm³/mol. The van der Waals surface area contributed by atoms with Crippen LogP contribution in [0.1, 0.15) is 5.69 Å². The average Bonchev–Trinajstić information content (AvgIpc) is 2.90. The Bertz CT molecular complexity index is 810. The normalized spacial score (nSPS) is 10.4. The number of aromatic nitrogens is 3. The van der Waals surface area contributed by atoms with Gasteiger partial charge in [0, 0.05) is 42.8 Å². The summed E-state index contributed by atoms with van der Waals surface area (Å²) in [5.41, 5.74) is 2.30. The van der Waals surface area contributed by atoms with Crippen LogP contribution in [0, 0.1) is 11.3 Å². The SMILES string of the molecule is CN(C)c1cc(C#N)nc(-c2c[nH]c3ccccc23)n1. The molecule has 0 aliphatic heterocycles. The molecule has 0 spiro atoms. The summed E-state index contributed by atoms with van der Waals surface area (Å²) in [7, 11) is 3.78. The highest BCUT2D eigenvalue weighted by Gasteiger charge is 2.12. The third kappa shape index (κ3) is 1.97. The van der Waals surface area contributed by atoms with Gasteiger partial charge in [0.2, 0.25) is 0 Å². The van der Waals surface area contributed by atoms with Crippen LogP contribution in [0.2, 0.25) is 0 Å². The van der Waals surface area contributed by atoms with Gasteiger partial charge < -0.3 is 9.88 Å². The first-order valence-electron chi connectivity index (χ1n) is 6.22. The Labute approximate surface area is 116 Å². The number of nitriles is 1. The van der Waals surface area contributed by atoms with Crippen molar-refractivity contribution < 1.29 is 0 Å². The molecule has 2 aromatic heterocycles. The van der Waals surface area contributed by atoms with Crippen LogP contribution in [0.25, 0.3) is 22.3 Å². The molecule has 0 atom stereocenters. The zero-order valence-corrected chi connectivity index (χ0v) is 11.3. The Morgan fingerprint density at radius 2 is 2.00 bits per heavy atom. The molecule has 1 N–H and O–H groups in total. The van der Waals surface area contributed by atoms with Crippen LogP contribution in [0.15, 0.2) is 36.5 Å². The van der Waals surface area contributed by atoms with E-state index in [0.717, 1.165) is 22.3 Å². The highest BCUT2D eigenvalue weighted by atomic mass is 15.1. The lowest BCUT2D eigenvalue weighted by atomic mass is 10.1. The number of fused-ring (bicyclic) bond motifs is 1. The summed E-state index contributed by atoms with van der Waals surface area (Å²) in [5, 5.41) is 10.2. The zero-order chi connectivity index (χ0) is 14.1. The molecule has 0 aliphatic rings. The molecule has 2 heterocycles. The van der Waals surface area contributed by atoms with Crippen molar-refractivity contribution in [2.24, 2.45) is 0 Å². The predicted octanol–water partition coefficient (Wildman–Crippen LogP) is 2.56. The Morgan fingerprint density at radius 3 is 2.75 bits per heavy atom. The van der Waals surface area contributed by atoms with Crippen molar-refractivity contribution in [1.82, 2.24) is 15.0 Å². The Hall–Kier alpha value is -2.87. The highest BCUT2D eigenvalue weighted by Crippen LogP contribution is 2.27. The Morgan fingerprint density at radius 1 is 1.20 bits per heavy atom. The molecule has 0 fully saturated rings. The minimum Gasteiger partial charge on any atom is -0.363 e.